The number of nitrogens with zero attached hydrogens (tertiary/aromatic N) is 2. The lowest BCUT2D eigenvalue weighted by Crippen LogP contribution is -2.52. The van der Waals surface area contributed by atoms with E-state index < -0.39 is 11.9 Å². The zero-order chi connectivity index (χ0) is 27.1. The van der Waals surface area contributed by atoms with Crippen molar-refractivity contribution < 1.29 is 23.9 Å². The van der Waals surface area contributed by atoms with E-state index in [1.807, 2.05) is 20.0 Å². The van der Waals surface area contributed by atoms with Crippen LogP contribution in [0.5, 0.6) is 5.75 Å². The molecule has 0 aromatic heterocycles. The predicted octanol–water partition coefficient (Wildman–Crippen LogP) is -5.10. The highest BCUT2D eigenvalue weighted by atomic mass is 16.5. The van der Waals surface area contributed by atoms with Crippen LogP contribution in [0.25, 0.3) is 0 Å². The number of morpholine rings is 1. The van der Waals surface area contributed by atoms with Crippen molar-refractivity contribution >= 4 is 73.3 Å². The van der Waals surface area contributed by atoms with Crippen LogP contribution in [0.2, 0.25) is 0 Å². The molecule has 3 aliphatic rings. The molecule has 3 heterocycles. The molecule has 3 aliphatic heterocycles. The number of benzene rings is 2. The summed E-state index contributed by atoms with van der Waals surface area (Å²) in [5, 5.41) is 2.36. The molecule has 2 aromatic rings. The average Bonchev–Trinajstić information content (AvgIpc) is 3.23. The van der Waals surface area contributed by atoms with Crippen LogP contribution in [-0.4, -0.2) is 99.1 Å². The molecule has 3 amide bonds. The van der Waals surface area contributed by atoms with Gasteiger partial charge < -0.3 is 14.4 Å². The van der Waals surface area contributed by atoms with Crippen molar-refractivity contribution in [2.24, 2.45) is 0 Å². The third-order valence-corrected chi connectivity index (χ3v) is 8.49. The van der Waals surface area contributed by atoms with Gasteiger partial charge in [-0.2, -0.15) is 0 Å². The van der Waals surface area contributed by atoms with Gasteiger partial charge in [0, 0.05) is 36.6 Å². The molecule has 0 aliphatic carbocycles. The Morgan fingerprint density at radius 2 is 1.79 bits per heavy atom. The summed E-state index contributed by atoms with van der Waals surface area (Å²) in [6.45, 7) is 3.71. The maximum Gasteiger partial charge on any atom is 0.255 e. The maximum atomic E-state index is 13.2. The Morgan fingerprint density at radius 1 is 1.05 bits per heavy atom. The minimum atomic E-state index is -0.647. The highest BCUT2D eigenvalue weighted by molar-refractivity contribution is 6.52. The van der Waals surface area contributed by atoms with Crippen molar-refractivity contribution in [3.8, 4) is 5.75 Å². The zero-order valence-electron chi connectivity index (χ0n) is 22.9. The fourth-order valence-electron chi connectivity index (χ4n) is 6.27. The van der Waals surface area contributed by atoms with E-state index in [-0.39, 0.29) is 30.8 Å². The van der Waals surface area contributed by atoms with Gasteiger partial charge in [0.05, 0.1) is 25.8 Å². The summed E-state index contributed by atoms with van der Waals surface area (Å²) in [5.41, 5.74) is 7.52. The largest absolute Gasteiger partial charge is 0.495 e. The number of imide groups is 1. The lowest BCUT2D eigenvalue weighted by atomic mass is 9.64. The van der Waals surface area contributed by atoms with E-state index in [0.717, 1.165) is 37.4 Å². The van der Waals surface area contributed by atoms with Gasteiger partial charge in [0.25, 0.3) is 5.91 Å². The molecule has 5 rings (SSSR count). The average molecular weight is 509 g/mol. The van der Waals surface area contributed by atoms with Crippen LogP contribution in [0.15, 0.2) is 24.3 Å². The van der Waals surface area contributed by atoms with Gasteiger partial charge in [-0.25, -0.2) is 0 Å². The highest BCUT2D eigenvalue weighted by Crippen LogP contribution is 2.35. The summed E-state index contributed by atoms with van der Waals surface area (Å²) >= 11 is 0. The number of nitrogens with one attached hydrogen (secondary N) is 1. The molecular weight excluding hydrogens is 476 g/mol. The molecule has 38 heavy (non-hydrogen) atoms. The standard InChI is InChI=1S/C25H32B5N3O5/c26-15-10-13(22(29)32-6-8-37-9-7-32)20(27)21(28)19(15)23(30)38-17-3-1-2-12-14(17)11-33(25(12)36)16-4-5-18(34)31-24(16)35/h1-3,10,16,22-23H,4-9,11,26-30H2,(H,31,34,35). The minimum absolute atomic E-state index is 0.197. The van der Waals surface area contributed by atoms with E-state index >= 15 is 0 Å². The predicted molar refractivity (Wildman–Crippen MR) is 159 cm³/mol. The Balaban J connectivity index is 1.38. The normalized spacial score (nSPS) is 21.6. The summed E-state index contributed by atoms with van der Waals surface area (Å²) in [6.07, 6.45) is 0.568. The molecule has 0 saturated carbocycles. The monoisotopic (exact) mass is 509 g/mol. The minimum Gasteiger partial charge on any atom is -0.495 e. The van der Waals surface area contributed by atoms with Crippen LogP contribution in [0, 0.1) is 0 Å². The van der Waals surface area contributed by atoms with Crippen LogP contribution in [-0.2, 0) is 20.9 Å². The van der Waals surface area contributed by atoms with Crippen LogP contribution in [0.3, 0.4) is 0 Å². The van der Waals surface area contributed by atoms with Crippen molar-refractivity contribution in [1.29, 1.82) is 0 Å². The lowest BCUT2D eigenvalue weighted by molar-refractivity contribution is -0.136. The second-order valence-corrected chi connectivity index (χ2v) is 10.7. The molecule has 13 heteroatoms. The fourth-order valence-corrected chi connectivity index (χ4v) is 6.27. The molecule has 1 N–H and O–H groups in total. The molecule has 192 valence electrons. The third kappa shape index (κ3) is 4.82. The first-order valence-electron chi connectivity index (χ1n) is 13.5. The van der Waals surface area contributed by atoms with E-state index in [9.17, 15) is 14.4 Å². The first kappa shape index (κ1) is 26.7. The van der Waals surface area contributed by atoms with Gasteiger partial charge in [0.15, 0.2) is 7.85 Å². The fraction of sp³-hybridized carbons (Fsp3) is 0.400. The van der Waals surface area contributed by atoms with Gasteiger partial charge in [-0.3, -0.25) is 24.6 Å². The molecule has 8 nitrogen and oxygen atoms in total. The number of carbonyl (C=O) groups is 3. The van der Waals surface area contributed by atoms with Crippen LogP contribution in [0.4, 0.5) is 0 Å². The molecule has 0 radical (unpaired) electrons. The molecular formula is C25H32B5N3O5. The van der Waals surface area contributed by atoms with Gasteiger partial charge >= 0.3 is 0 Å². The van der Waals surface area contributed by atoms with Crippen molar-refractivity contribution in [1.82, 2.24) is 15.1 Å². The first-order valence-corrected chi connectivity index (χ1v) is 13.5. The highest BCUT2D eigenvalue weighted by Gasteiger charge is 2.40. The van der Waals surface area contributed by atoms with E-state index in [4.69, 9.17) is 9.47 Å². The number of amides is 3. The van der Waals surface area contributed by atoms with E-state index in [1.54, 1.807) is 11.0 Å². The second-order valence-electron chi connectivity index (χ2n) is 10.7. The SMILES string of the molecule is Bc1cc(C(B)N2CCOCC2)c(B)c(B)c1C(B)Oc1cccc2c1CN(C1CCC(=O)NC1=O)C2=O. The van der Waals surface area contributed by atoms with Crippen molar-refractivity contribution in [3.63, 3.8) is 0 Å². The molecule has 0 bridgehead atoms. The third-order valence-electron chi connectivity index (χ3n) is 8.49. The molecule has 3 unspecified atom stereocenters. The number of carbonyl (C=O) groups excluding carboxylic acids is 3. The number of hydrogen-bond donors (Lipinski definition) is 1. The summed E-state index contributed by atoms with van der Waals surface area (Å²) in [7, 11) is 10.8. The second kappa shape index (κ2) is 10.7. The van der Waals surface area contributed by atoms with Gasteiger partial charge in [-0.05, 0) is 29.7 Å². The maximum absolute atomic E-state index is 13.2. The quantitative estimate of drug-likeness (QED) is 0.310. The molecule has 0 spiro atoms. The van der Waals surface area contributed by atoms with Gasteiger partial charge in [0.1, 0.15) is 43.2 Å². The Bertz CT molecular complexity index is 1300. The number of hydrogen-bond acceptors (Lipinski definition) is 6. The van der Waals surface area contributed by atoms with Crippen molar-refractivity contribution in [3.05, 3.63) is 46.5 Å². The van der Waals surface area contributed by atoms with E-state index in [0.29, 0.717) is 23.7 Å². The number of ether oxygens (including phenoxy) is 2. The van der Waals surface area contributed by atoms with Gasteiger partial charge in [-0.1, -0.05) is 28.5 Å². The smallest absolute Gasteiger partial charge is 0.255 e. The van der Waals surface area contributed by atoms with Gasteiger partial charge in [0.2, 0.25) is 11.8 Å². The molecule has 3 atom stereocenters. The topological polar surface area (TPSA) is 88.2 Å². The summed E-state index contributed by atoms with van der Waals surface area (Å²) in [4.78, 5) is 41.3. The Labute approximate surface area is 228 Å². The molecule has 2 fully saturated rings. The van der Waals surface area contributed by atoms with Crippen molar-refractivity contribution in [2.75, 3.05) is 26.3 Å². The lowest BCUT2D eigenvalue weighted by Gasteiger charge is -2.35. The van der Waals surface area contributed by atoms with Crippen LogP contribution in [0.1, 0.15) is 51.8 Å². The summed E-state index contributed by atoms with van der Waals surface area (Å²) in [5.74, 6) is 0.0619. The van der Waals surface area contributed by atoms with E-state index in [1.165, 1.54) is 22.0 Å². The van der Waals surface area contributed by atoms with Crippen LogP contribution >= 0.6 is 0 Å². The summed E-state index contributed by atoms with van der Waals surface area (Å²) < 4.78 is 12.1. The van der Waals surface area contributed by atoms with Gasteiger partial charge in [-0.15, -0.1) is 0 Å². The van der Waals surface area contributed by atoms with Crippen LogP contribution < -0.4 is 26.4 Å². The van der Waals surface area contributed by atoms with E-state index in [2.05, 4.69) is 47.7 Å². The first-order chi connectivity index (χ1) is 18.2. The Kier molecular flexibility index (Phi) is 7.51. The van der Waals surface area contributed by atoms with Crippen molar-refractivity contribution in [2.45, 2.75) is 37.4 Å². The Morgan fingerprint density at radius 3 is 2.50 bits per heavy atom. The number of piperidine rings is 1. The molecule has 2 aromatic carbocycles. The number of rotatable bonds is 6. The molecule has 2 saturated heterocycles. The number of fused-ring (bicyclic) bond motifs is 1. The zero-order valence-corrected chi connectivity index (χ0v) is 22.9. The Hall–Kier alpha value is -2.91. The summed E-state index contributed by atoms with van der Waals surface area (Å²) in [6, 6.07) is 6.91.